The van der Waals surface area contributed by atoms with Crippen molar-refractivity contribution in [2.24, 2.45) is 0 Å². The summed E-state index contributed by atoms with van der Waals surface area (Å²) >= 11 is 0. The molecule has 4 aromatic heterocycles. The van der Waals surface area contributed by atoms with Gasteiger partial charge in [0, 0.05) is 42.9 Å². The van der Waals surface area contributed by atoms with Gasteiger partial charge in [0.15, 0.2) is 5.65 Å². The van der Waals surface area contributed by atoms with Gasteiger partial charge >= 0.3 is 0 Å². The number of anilines is 1. The van der Waals surface area contributed by atoms with Crippen molar-refractivity contribution in [2.45, 2.75) is 18.6 Å². The molecular formula is C18H16FN7O. The lowest BCUT2D eigenvalue weighted by atomic mass is 10.1. The molecule has 3 N–H and O–H groups in total. The van der Waals surface area contributed by atoms with Crippen molar-refractivity contribution in [3.8, 4) is 11.3 Å². The Morgan fingerprint density at radius 2 is 2.30 bits per heavy atom. The van der Waals surface area contributed by atoms with Gasteiger partial charge in [0.1, 0.15) is 23.2 Å². The zero-order valence-electron chi connectivity index (χ0n) is 14.4. The first-order chi connectivity index (χ1) is 13.2. The minimum atomic E-state index is -0.967. The van der Waals surface area contributed by atoms with Gasteiger partial charge in [0.2, 0.25) is 0 Å². The van der Waals surface area contributed by atoms with E-state index in [1.807, 2.05) is 24.4 Å². The maximum absolute atomic E-state index is 13.1. The number of aromatic amines is 1. The van der Waals surface area contributed by atoms with Gasteiger partial charge in [0.25, 0.3) is 5.91 Å². The van der Waals surface area contributed by atoms with Gasteiger partial charge in [-0.05, 0) is 12.1 Å². The SMILES string of the molecule is CNc1cc(-c2c[nH]c3ncccc23)nc2c(C(=O)NC3CC3F)cnn12. The van der Waals surface area contributed by atoms with Crippen LogP contribution in [0.1, 0.15) is 16.8 Å². The van der Waals surface area contributed by atoms with Crippen LogP contribution in [-0.4, -0.2) is 49.7 Å². The Bertz CT molecular complexity index is 1180. The number of pyridine rings is 1. The topological polar surface area (TPSA) is 100 Å². The smallest absolute Gasteiger partial charge is 0.257 e. The molecule has 1 fully saturated rings. The van der Waals surface area contributed by atoms with Crippen LogP contribution in [-0.2, 0) is 0 Å². The number of hydrogen-bond acceptors (Lipinski definition) is 5. The highest BCUT2D eigenvalue weighted by molar-refractivity contribution is 6.01. The Morgan fingerprint density at radius 3 is 3.07 bits per heavy atom. The molecule has 0 spiro atoms. The molecule has 0 aromatic carbocycles. The van der Waals surface area contributed by atoms with E-state index in [1.54, 1.807) is 17.8 Å². The van der Waals surface area contributed by atoms with Gasteiger partial charge in [-0.15, -0.1) is 0 Å². The number of amides is 1. The van der Waals surface area contributed by atoms with Crippen LogP contribution in [0.15, 0.2) is 36.8 Å². The maximum atomic E-state index is 13.1. The van der Waals surface area contributed by atoms with Crippen molar-refractivity contribution in [1.82, 2.24) is 29.9 Å². The van der Waals surface area contributed by atoms with E-state index in [0.717, 1.165) is 16.6 Å². The second-order valence-electron chi connectivity index (χ2n) is 6.50. The number of aromatic nitrogens is 5. The lowest BCUT2D eigenvalue weighted by Crippen LogP contribution is -2.27. The molecule has 2 atom stereocenters. The van der Waals surface area contributed by atoms with Crippen molar-refractivity contribution in [1.29, 1.82) is 0 Å². The van der Waals surface area contributed by atoms with Crippen LogP contribution in [0.4, 0.5) is 10.2 Å². The van der Waals surface area contributed by atoms with E-state index >= 15 is 0 Å². The molecule has 0 radical (unpaired) electrons. The molecule has 27 heavy (non-hydrogen) atoms. The Balaban J connectivity index is 1.65. The van der Waals surface area contributed by atoms with Crippen molar-refractivity contribution in [3.05, 3.63) is 42.4 Å². The summed E-state index contributed by atoms with van der Waals surface area (Å²) in [5.41, 5.74) is 3.02. The molecule has 1 aliphatic rings. The number of carbonyl (C=O) groups is 1. The predicted molar refractivity (Wildman–Crippen MR) is 98.4 cm³/mol. The summed E-state index contributed by atoms with van der Waals surface area (Å²) in [5.74, 6) is 0.310. The molecular weight excluding hydrogens is 349 g/mol. The Hall–Kier alpha value is -3.49. The highest BCUT2D eigenvalue weighted by atomic mass is 19.1. The quantitative estimate of drug-likeness (QED) is 0.515. The molecule has 1 saturated carbocycles. The fourth-order valence-electron chi connectivity index (χ4n) is 3.17. The second kappa shape index (κ2) is 5.76. The molecule has 0 saturated heterocycles. The Labute approximate surface area is 152 Å². The average Bonchev–Trinajstić information content (AvgIpc) is 3.10. The van der Waals surface area contributed by atoms with Crippen molar-refractivity contribution < 1.29 is 9.18 Å². The van der Waals surface area contributed by atoms with E-state index in [4.69, 9.17) is 0 Å². The molecule has 8 nitrogen and oxygen atoms in total. The monoisotopic (exact) mass is 365 g/mol. The van der Waals surface area contributed by atoms with Crippen LogP contribution in [0.5, 0.6) is 0 Å². The van der Waals surface area contributed by atoms with Crippen molar-refractivity contribution in [3.63, 3.8) is 0 Å². The Kier molecular flexibility index (Phi) is 3.36. The number of alkyl halides is 1. The van der Waals surface area contributed by atoms with E-state index in [9.17, 15) is 9.18 Å². The number of nitrogens with one attached hydrogen (secondary N) is 3. The number of hydrogen-bond donors (Lipinski definition) is 3. The molecule has 1 amide bonds. The number of carbonyl (C=O) groups excluding carboxylic acids is 1. The van der Waals surface area contributed by atoms with Crippen LogP contribution in [0, 0.1) is 0 Å². The third-order valence-electron chi connectivity index (χ3n) is 4.73. The van der Waals surface area contributed by atoms with E-state index in [-0.39, 0.29) is 5.91 Å². The highest BCUT2D eigenvalue weighted by Crippen LogP contribution is 2.30. The van der Waals surface area contributed by atoms with Crippen LogP contribution in [0.25, 0.3) is 27.9 Å². The second-order valence-corrected chi connectivity index (χ2v) is 6.50. The first-order valence-corrected chi connectivity index (χ1v) is 8.59. The molecule has 0 bridgehead atoms. The van der Waals surface area contributed by atoms with Gasteiger partial charge in [-0.3, -0.25) is 4.79 Å². The first kappa shape index (κ1) is 15.7. The molecule has 2 unspecified atom stereocenters. The van der Waals surface area contributed by atoms with Crippen molar-refractivity contribution >= 4 is 28.4 Å². The zero-order chi connectivity index (χ0) is 18.5. The van der Waals surface area contributed by atoms with Crippen LogP contribution in [0.2, 0.25) is 0 Å². The summed E-state index contributed by atoms with van der Waals surface area (Å²) in [7, 11) is 1.77. The van der Waals surface area contributed by atoms with Gasteiger partial charge in [-0.25, -0.2) is 14.4 Å². The summed E-state index contributed by atoms with van der Waals surface area (Å²) < 4.78 is 14.7. The summed E-state index contributed by atoms with van der Waals surface area (Å²) in [6.07, 6.45) is 4.39. The zero-order valence-corrected chi connectivity index (χ0v) is 14.4. The molecule has 4 aromatic rings. The summed E-state index contributed by atoms with van der Waals surface area (Å²) in [6.45, 7) is 0. The largest absolute Gasteiger partial charge is 0.373 e. The third kappa shape index (κ3) is 2.50. The Morgan fingerprint density at radius 1 is 1.44 bits per heavy atom. The fraction of sp³-hybridized carbons (Fsp3) is 0.222. The number of halogens is 1. The number of rotatable bonds is 4. The molecule has 5 rings (SSSR count). The summed E-state index contributed by atoms with van der Waals surface area (Å²) in [4.78, 5) is 24.6. The van der Waals surface area contributed by atoms with Crippen LogP contribution >= 0.6 is 0 Å². The minimum Gasteiger partial charge on any atom is -0.373 e. The van der Waals surface area contributed by atoms with Crippen LogP contribution < -0.4 is 10.6 Å². The van der Waals surface area contributed by atoms with E-state index in [0.29, 0.717) is 29.1 Å². The number of fused-ring (bicyclic) bond motifs is 2. The standard InChI is InChI=1S/C18H16FN7O/c1-20-15-6-13(10-7-22-16-9(10)3-2-4-21-16)24-17-11(8-23-26(15)17)18(27)25-14-5-12(14)19/h2-4,6-8,12,14,20H,5H2,1H3,(H,21,22)(H,25,27). The summed E-state index contributed by atoms with van der Waals surface area (Å²) in [5, 5.41) is 10.9. The molecule has 9 heteroatoms. The summed E-state index contributed by atoms with van der Waals surface area (Å²) in [6, 6.07) is 5.25. The van der Waals surface area contributed by atoms with Crippen LogP contribution in [0.3, 0.4) is 0 Å². The lowest BCUT2D eigenvalue weighted by molar-refractivity contribution is 0.0949. The van der Waals surface area contributed by atoms with Gasteiger partial charge in [0.05, 0.1) is 17.9 Å². The predicted octanol–water partition coefficient (Wildman–Crippen LogP) is 2.15. The highest BCUT2D eigenvalue weighted by Gasteiger charge is 2.39. The average molecular weight is 365 g/mol. The first-order valence-electron chi connectivity index (χ1n) is 8.59. The number of H-pyrrole nitrogens is 1. The normalized spacial score (nSPS) is 18.7. The maximum Gasteiger partial charge on any atom is 0.257 e. The molecule has 4 heterocycles. The molecule has 1 aliphatic carbocycles. The van der Waals surface area contributed by atoms with Crippen molar-refractivity contribution in [2.75, 3.05) is 12.4 Å². The van der Waals surface area contributed by atoms with E-state index in [2.05, 4.69) is 30.7 Å². The van der Waals surface area contributed by atoms with E-state index < -0.39 is 12.2 Å². The lowest BCUT2D eigenvalue weighted by Gasteiger charge is -2.08. The minimum absolute atomic E-state index is 0.311. The molecule has 0 aliphatic heterocycles. The van der Waals surface area contributed by atoms with Gasteiger partial charge in [-0.2, -0.15) is 9.61 Å². The van der Waals surface area contributed by atoms with Gasteiger partial charge in [-0.1, -0.05) is 0 Å². The fourth-order valence-corrected chi connectivity index (χ4v) is 3.17. The third-order valence-corrected chi connectivity index (χ3v) is 4.73. The van der Waals surface area contributed by atoms with E-state index in [1.165, 1.54) is 6.20 Å². The number of nitrogens with zero attached hydrogens (tertiary/aromatic N) is 4. The van der Waals surface area contributed by atoms with Gasteiger partial charge < -0.3 is 15.6 Å². The molecule has 136 valence electrons.